The highest BCUT2D eigenvalue weighted by atomic mass is 16.5. The Morgan fingerprint density at radius 1 is 1.39 bits per heavy atom. The number of hydrogen-bond donors (Lipinski definition) is 1. The highest BCUT2D eigenvalue weighted by Crippen LogP contribution is 2.53. The minimum absolute atomic E-state index is 0.0126. The number of allylic oxidation sites excluding steroid dienone is 2. The van der Waals surface area contributed by atoms with E-state index in [-0.39, 0.29) is 17.6 Å². The van der Waals surface area contributed by atoms with Crippen molar-refractivity contribution < 1.29 is 16.7 Å². The van der Waals surface area contributed by atoms with Crippen molar-refractivity contribution in [2.24, 2.45) is 5.92 Å². The van der Waals surface area contributed by atoms with Gasteiger partial charge in [-0.2, -0.15) is 0 Å². The molecule has 0 radical (unpaired) electrons. The van der Waals surface area contributed by atoms with Gasteiger partial charge in [0.25, 0.3) is 0 Å². The maximum atomic E-state index is 10.8. The molecule has 1 aliphatic carbocycles. The quantitative estimate of drug-likeness (QED) is 0.717. The van der Waals surface area contributed by atoms with Gasteiger partial charge in [0.2, 0.25) is 0 Å². The standard InChI is InChI=1S/C21H30O2/c1-5-6-7-8-15-12-18(22)20-16-11-14(2)9-10-17(16)21(3,4)23-19(20)13-15/h11-13,16-17,22H,5-10H2,1-4H3/t16-,17-/m1/s1/i2D3,8D2. The number of aryl methyl sites for hydroxylation is 1. The molecular weight excluding hydrogens is 284 g/mol. The smallest absolute Gasteiger partial charge is 0.127 e. The third-order valence-electron chi connectivity index (χ3n) is 5.12. The lowest BCUT2D eigenvalue weighted by atomic mass is 9.68. The summed E-state index contributed by atoms with van der Waals surface area (Å²) in [5, 5.41) is 10.8. The van der Waals surface area contributed by atoms with Gasteiger partial charge in [0.1, 0.15) is 17.1 Å². The Labute approximate surface area is 147 Å². The van der Waals surface area contributed by atoms with Crippen LogP contribution in [-0.4, -0.2) is 10.7 Å². The van der Waals surface area contributed by atoms with Crippen molar-refractivity contribution in [3.63, 3.8) is 0 Å². The summed E-state index contributed by atoms with van der Waals surface area (Å²) in [6.07, 6.45) is 3.44. The van der Waals surface area contributed by atoms with Crippen LogP contribution in [0.5, 0.6) is 11.5 Å². The van der Waals surface area contributed by atoms with Crippen LogP contribution in [0.25, 0.3) is 0 Å². The fourth-order valence-electron chi connectivity index (χ4n) is 3.87. The molecule has 0 saturated heterocycles. The van der Waals surface area contributed by atoms with Crippen LogP contribution in [-0.2, 0) is 6.37 Å². The fourth-order valence-corrected chi connectivity index (χ4v) is 3.87. The number of rotatable bonds is 4. The van der Waals surface area contributed by atoms with Gasteiger partial charge in [-0.1, -0.05) is 31.4 Å². The number of phenolic OH excluding ortho intramolecular Hbond substituents is 1. The van der Waals surface area contributed by atoms with Crippen LogP contribution in [0.3, 0.4) is 0 Å². The summed E-state index contributed by atoms with van der Waals surface area (Å²) >= 11 is 0. The minimum atomic E-state index is -2.14. The fraction of sp³-hybridized carbons (Fsp3) is 0.619. The molecule has 1 aliphatic heterocycles. The molecule has 23 heavy (non-hydrogen) atoms. The first-order chi connectivity index (χ1) is 12.9. The zero-order chi connectivity index (χ0) is 20.9. The molecule has 3 rings (SSSR count). The Hall–Kier alpha value is -1.44. The van der Waals surface area contributed by atoms with Crippen LogP contribution < -0.4 is 4.74 Å². The lowest BCUT2D eigenvalue weighted by Crippen LogP contribution is -2.45. The van der Waals surface area contributed by atoms with Crippen LogP contribution in [0.4, 0.5) is 0 Å². The number of ether oxygens (including phenoxy) is 1. The molecule has 1 aromatic carbocycles. The minimum Gasteiger partial charge on any atom is -0.507 e. The molecule has 2 nitrogen and oxygen atoms in total. The van der Waals surface area contributed by atoms with Crippen molar-refractivity contribution in [3.8, 4) is 11.5 Å². The van der Waals surface area contributed by atoms with E-state index >= 15 is 0 Å². The molecule has 2 aliphatic rings. The summed E-state index contributed by atoms with van der Waals surface area (Å²) in [6.45, 7) is 3.85. The van der Waals surface area contributed by atoms with Crippen LogP contribution in [0.2, 0.25) is 0 Å². The summed E-state index contributed by atoms with van der Waals surface area (Å²) in [6, 6.07) is 3.19. The maximum Gasteiger partial charge on any atom is 0.127 e. The van der Waals surface area contributed by atoms with Crippen molar-refractivity contribution in [3.05, 3.63) is 34.9 Å². The van der Waals surface area contributed by atoms with E-state index in [1.165, 1.54) is 6.07 Å². The van der Waals surface area contributed by atoms with Gasteiger partial charge in [-0.3, -0.25) is 0 Å². The Bertz CT molecular complexity index is 780. The molecule has 2 heteroatoms. The number of unbranched alkanes of at least 4 members (excludes halogenated alkanes) is 1. The van der Waals surface area contributed by atoms with E-state index in [2.05, 4.69) is 0 Å². The highest BCUT2D eigenvalue weighted by Gasteiger charge is 2.45. The van der Waals surface area contributed by atoms with Gasteiger partial charge in [0, 0.05) is 24.3 Å². The van der Waals surface area contributed by atoms with Gasteiger partial charge >= 0.3 is 0 Å². The van der Waals surface area contributed by atoms with Crippen molar-refractivity contribution in [2.45, 2.75) is 77.6 Å². The third kappa shape index (κ3) is 3.13. The molecule has 0 fully saturated rings. The van der Waals surface area contributed by atoms with Crippen molar-refractivity contribution >= 4 is 0 Å². The molecule has 1 N–H and O–H groups in total. The van der Waals surface area contributed by atoms with Gasteiger partial charge in [0.05, 0.1) is 0 Å². The van der Waals surface area contributed by atoms with Gasteiger partial charge in [-0.15, -0.1) is 0 Å². The van der Waals surface area contributed by atoms with Crippen molar-refractivity contribution in [1.82, 2.24) is 0 Å². The predicted octanol–water partition coefficient (Wildman–Crippen LogP) is 5.74. The lowest BCUT2D eigenvalue weighted by molar-refractivity contribution is 0.0107. The number of aromatic hydroxyl groups is 1. The molecule has 126 valence electrons. The highest BCUT2D eigenvalue weighted by molar-refractivity contribution is 5.53. The second-order valence-corrected chi connectivity index (χ2v) is 7.26. The molecular formula is C21H30O2. The van der Waals surface area contributed by atoms with E-state index < -0.39 is 18.8 Å². The van der Waals surface area contributed by atoms with Crippen LogP contribution in [0.15, 0.2) is 23.8 Å². The SMILES string of the molecule is [2H]C([2H])([2H])C1=C[C@H]2c3c(O)cc(C([2H])([2H])CCCC)cc3OC(C)(C)[C@@H]2CC1. The first kappa shape index (κ1) is 11.2. The average Bonchev–Trinajstić information content (AvgIpc) is 2.57. The Morgan fingerprint density at radius 2 is 2.22 bits per heavy atom. The number of benzene rings is 1. The van der Waals surface area contributed by atoms with Crippen LogP contribution in [0, 0.1) is 5.92 Å². The van der Waals surface area contributed by atoms with E-state index in [1.54, 1.807) is 12.1 Å². The molecule has 1 aromatic rings. The molecule has 0 saturated carbocycles. The molecule has 0 unspecified atom stereocenters. The first-order valence-corrected chi connectivity index (χ1v) is 8.64. The van der Waals surface area contributed by atoms with Crippen molar-refractivity contribution in [1.29, 1.82) is 0 Å². The molecule has 0 aromatic heterocycles. The number of phenols is 1. The van der Waals surface area contributed by atoms with Crippen LogP contribution >= 0.6 is 0 Å². The van der Waals surface area contributed by atoms with E-state index in [4.69, 9.17) is 11.6 Å². The molecule has 0 spiro atoms. The summed E-state index contributed by atoms with van der Waals surface area (Å²) < 4.78 is 46.3. The maximum absolute atomic E-state index is 10.8. The van der Waals surface area contributed by atoms with E-state index in [9.17, 15) is 5.11 Å². The van der Waals surface area contributed by atoms with Gasteiger partial charge in [-0.25, -0.2) is 0 Å². The normalized spacial score (nSPS) is 29.5. The zero-order valence-corrected chi connectivity index (χ0v) is 14.3. The summed E-state index contributed by atoms with van der Waals surface area (Å²) in [4.78, 5) is 0. The Balaban J connectivity index is 2.10. The largest absolute Gasteiger partial charge is 0.507 e. The number of hydrogen-bond acceptors (Lipinski definition) is 2. The summed E-state index contributed by atoms with van der Waals surface area (Å²) in [5.74, 6) is 0.254. The number of fused-ring (bicyclic) bond motifs is 3. The zero-order valence-electron chi connectivity index (χ0n) is 19.3. The topological polar surface area (TPSA) is 29.5 Å². The monoisotopic (exact) mass is 319 g/mol. The Morgan fingerprint density at radius 3 is 2.96 bits per heavy atom. The Kier molecular flexibility index (Phi) is 3.02. The average molecular weight is 319 g/mol. The van der Waals surface area contributed by atoms with E-state index in [0.717, 1.165) is 12.8 Å². The summed E-state index contributed by atoms with van der Waals surface area (Å²) in [5.41, 5.74) is 0.887. The molecule has 0 amide bonds. The van der Waals surface area contributed by atoms with Gasteiger partial charge in [0.15, 0.2) is 0 Å². The lowest BCUT2D eigenvalue weighted by Gasteiger charge is -2.46. The first-order valence-electron chi connectivity index (χ1n) is 11.1. The van der Waals surface area contributed by atoms with E-state index in [1.807, 2.05) is 20.8 Å². The van der Waals surface area contributed by atoms with Crippen molar-refractivity contribution in [2.75, 3.05) is 0 Å². The third-order valence-corrected chi connectivity index (χ3v) is 5.12. The predicted molar refractivity (Wildman–Crippen MR) is 95.3 cm³/mol. The molecule has 1 heterocycles. The molecule has 2 atom stereocenters. The second-order valence-electron chi connectivity index (χ2n) is 7.26. The molecule has 0 bridgehead atoms. The van der Waals surface area contributed by atoms with Crippen LogP contribution in [0.1, 0.15) is 83.6 Å². The second kappa shape index (κ2) is 6.22. The summed E-state index contributed by atoms with van der Waals surface area (Å²) in [7, 11) is 0. The van der Waals surface area contributed by atoms with Gasteiger partial charge < -0.3 is 9.84 Å². The van der Waals surface area contributed by atoms with Gasteiger partial charge in [-0.05, 0) is 64.0 Å². The van der Waals surface area contributed by atoms with E-state index in [0.29, 0.717) is 41.7 Å².